The fraction of sp³-hybridized carbons (Fsp3) is 0.364. The molecule has 1 aliphatic heterocycles. The molecule has 0 bridgehead atoms. The number of ketones is 1. The van der Waals surface area contributed by atoms with Gasteiger partial charge in [0.1, 0.15) is 0 Å². The maximum Gasteiger partial charge on any atom is 0.169 e. The number of thioether (sulfide) groups is 1. The predicted molar refractivity (Wildman–Crippen MR) is 68.9 cm³/mol. The SMILES string of the molecule is O=C(c1ccc(Br)c(Cl)c1F)C1CCSC1. The fourth-order valence-corrected chi connectivity index (χ4v) is 3.37. The van der Waals surface area contributed by atoms with Gasteiger partial charge in [-0.15, -0.1) is 0 Å². The molecular formula is C11H9BrClFOS. The Morgan fingerprint density at radius 3 is 2.94 bits per heavy atom. The molecule has 1 aliphatic rings. The van der Waals surface area contributed by atoms with Gasteiger partial charge in [0.15, 0.2) is 11.6 Å². The first kappa shape index (κ1) is 12.4. The lowest BCUT2D eigenvalue weighted by atomic mass is 9.97. The summed E-state index contributed by atoms with van der Waals surface area (Å²) in [5.74, 6) is 0.959. The number of halogens is 3. The molecule has 16 heavy (non-hydrogen) atoms. The number of hydrogen-bond acceptors (Lipinski definition) is 2. The first-order valence-corrected chi connectivity index (χ1v) is 7.19. The normalized spacial score (nSPS) is 20.1. The van der Waals surface area contributed by atoms with Crippen molar-refractivity contribution in [3.63, 3.8) is 0 Å². The van der Waals surface area contributed by atoms with Gasteiger partial charge in [-0.25, -0.2) is 4.39 Å². The van der Waals surface area contributed by atoms with Crippen LogP contribution in [0.1, 0.15) is 16.8 Å². The van der Waals surface area contributed by atoms with E-state index in [4.69, 9.17) is 11.6 Å². The Balaban J connectivity index is 2.33. The van der Waals surface area contributed by atoms with Crippen LogP contribution in [0.3, 0.4) is 0 Å². The first-order chi connectivity index (χ1) is 7.61. The van der Waals surface area contributed by atoms with Crippen LogP contribution in [0.4, 0.5) is 4.39 Å². The predicted octanol–water partition coefficient (Wildman–Crippen LogP) is 4.18. The smallest absolute Gasteiger partial charge is 0.169 e. The lowest BCUT2D eigenvalue weighted by molar-refractivity contribution is 0.0929. The quantitative estimate of drug-likeness (QED) is 0.600. The van der Waals surface area contributed by atoms with Crippen LogP contribution < -0.4 is 0 Å². The van der Waals surface area contributed by atoms with E-state index in [1.54, 1.807) is 17.8 Å². The summed E-state index contributed by atoms with van der Waals surface area (Å²) in [4.78, 5) is 12.0. The third-order valence-corrected chi connectivity index (χ3v) is 5.02. The zero-order valence-electron chi connectivity index (χ0n) is 8.30. The number of carbonyl (C=O) groups is 1. The van der Waals surface area contributed by atoms with Gasteiger partial charge in [-0.1, -0.05) is 11.6 Å². The monoisotopic (exact) mass is 322 g/mol. The summed E-state index contributed by atoms with van der Waals surface area (Å²) in [7, 11) is 0. The average molecular weight is 324 g/mol. The van der Waals surface area contributed by atoms with Gasteiger partial charge in [0.25, 0.3) is 0 Å². The Labute approximate surface area is 111 Å². The van der Waals surface area contributed by atoms with Crippen LogP contribution in [0.25, 0.3) is 0 Å². The standard InChI is InChI=1S/C11H9BrClFOS/c12-8-2-1-7(10(14)9(8)13)11(15)6-3-4-16-5-6/h1-2,6H,3-5H2. The van der Waals surface area contributed by atoms with Crippen molar-refractivity contribution < 1.29 is 9.18 Å². The molecule has 1 saturated heterocycles. The van der Waals surface area contributed by atoms with Gasteiger partial charge in [-0.3, -0.25) is 4.79 Å². The Morgan fingerprint density at radius 2 is 2.31 bits per heavy atom. The van der Waals surface area contributed by atoms with Crippen LogP contribution in [0, 0.1) is 11.7 Å². The van der Waals surface area contributed by atoms with Gasteiger partial charge in [-0.05, 0) is 40.2 Å². The summed E-state index contributed by atoms with van der Waals surface area (Å²) in [6.07, 6.45) is 0.830. The molecule has 1 fully saturated rings. The van der Waals surface area contributed by atoms with Crippen LogP contribution in [-0.2, 0) is 0 Å². The minimum atomic E-state index is -0.613. The van der Waals surface area contributed by atoms with E-state index in [-0.39, 0.29) is 22.3 Å². The minimum absolute atomic E-state index is 0.0171. The first-order valence-electron chi connectivity index (χ1n) is 4.86. The van der Waals surface area contributed by atoms with Crippen molar-refractivity contribution in [2.24, 2.45) is 5.92 Å². The molecule has 5 heteroatoms. The van der Waals surface area contributed by atoms with Crippen molar-refractivity contribution in [2.45, 2.75) is 6.42 Å². The highest BCUT2D eigenvalue weighted by molar-refractivity contribution is 9.10. The van der Waals surface area contributed by atoms with Gasteiger partial charge < -0.3 is 0 Å². The summed E-state index contributed by atoms with van der Waals surface area (Å²) in [5, 5.41) is -0.0171. The van der Waals surface area contributed by atoms with Crippen LogP contribution in [-0.4, -0.2) is 17.3 Å². The zero-order chi connectivity index (χ0) is 11.7. The molecule has 1 nitrogen and oxygen atoms in total. The van der Waals surface area contributed by atoms with Crippen LogP contribution in [0.15, 0.2) is 16.6 Å². The number of benzene rings is 1. The van der Waals surface area contributed by atoms with Gasteiger partial charge in [0.2, 0.25) is 0 Å². The Hall–Kier alpha value is -0.0600. The molecule has 1 aromatic rings. The Bertz CT molecular complexity index is 432. The summed E-state index contributed by atoms with van der Waals surface area (Å²) in [5.41, 5.74) is 0.112. The molecule has 0 spiro atoms. The molecule has 0 aromatic heterocycles. The van der Waals surface area contributed by atoms with E-state index < -0.39 is 5.82 Å². The molecule has 0 saturated carbocycles. The topological polar surface area (TPSA) is 17.1 Å². The van der Waals surface area contributed by atoms with Crippen LogP contribution in [0.2, 0.25) is 5.02 Å². The Kier molecular flexibility index (Phi) is 3.93. The number of hydrogen-bond donors (Lipinski definition) is 0. The van der Waals surface area contributed by atoms with Gasteiger partial charge in [0, 0.05) is 16.1 Å². The molecule has 0 amide bonds. The summed E-state index contributed by atoms with van der Waals surface area (Å²) in [6, 6.07) is 3.11. The molecule has 0 N–H and O–H groups in total. The van der Waals surface area contributed by atoms with E-state index in [2.05, 4.69) is 15.9 Å². The summed E-state index contributed by atoms with van der Waals surface area (Å²) in [6.45, 7) is 0. The van der Waals surface area contributed by atoms with E-state index in [1.807, 2.05) is 0 Å². The molecule has 2 rings (SSSR count). The van der Waals surface area contributed by atoms with Crippen LogP contribution >= 0.6 is 39.3 Å². The van der Waals surface area contributed by atoms with Gasteiger partial charge >= 0.3 is 0 Å². The van der Waals surface area contributed by atoms with E-state index in [0.29, 0.717) is 4.47 Å². The molecule has 1 heterocycles. The zero-order valence-corrected chi connectivity index (χ0v) is 11.5. The molecule has 0 aliphatic carbocycles. The van der Waals surface area contributed by atoms with Crippen molar-refractivity contribution in [1.29, 1.82) is 0 Å². The molecule has 1 unspecified atom stereocenters. The fourth-order valence-electron chi connectivity index (χ4n) is 1.68. The lowest BCUT2D eigenvalue weighted by Crippen LogP contribution is -2.15. The highest BCUT2D eigenvalue weighted by atomic mass is 79.9. The van der Waals surface area contributed by atoms with Crippen molar-refractivity contribution in [3.05, 3.63) is 33.0 Å². The highest BCUT2D eigenvalue weighted by Crippen LogP contribution is 2.32. The van der Waals surface area contributed by atoms with Crippen molar-refractivity contribution in [2.75, 3.05) is 11.5 Å². The van der Waals surface area contributed by atoms with Gasteiger partial charge in [0.05, 0.1) is 10.6 Å². The maximum absolute atomic E-state index is 13.8. The second-order valence-corrected chi connectivity index (χ2v) is 6.03. The number of carbonyl (C=O) groups excluding carboxylic acids is 1. The van der Waals surface area contributed by atoms with E-state index >= 15 is 0 Å². The molecular weight excluding hydrogens is 315 g/mol. The van der Waals surface area contributed by atoms with E-state index in [0.717, 1.165) is 17.9 Å². The lowest BCUT2D eigenvalue weighted by Gasteiger charge is -2.09. The second-order valence-electron chi connectivity index (χ2n) is 3.65. The van der Waals surface area contributed by atoms with Crippen LogP contribution in [0.5, 0.6) is 0 Å². The van der Waals surface area contributed by atoms with Crippen molar-refractivity contribution >= 4 is 45.1 Å². The van der Waals surface area contributed by atoms with E-state index in [1.165, 1.54) is 6.07 Å². The average Bonchev–Trinajstić information content (AvgIpc) is 2.79. The van der Waals surface area contributed by atoms with E-state index in [9.17, 15) is 9.18 Å². The van der Waals surface area contributed by atoms with Gasteiger partial charge in [-0.2, -0.15) is 11.8 Å². The molecule has 86 valence electrons. The number of rotatable bonds is 2. The molecule has 1 aromatic carbocycles. The third kappa shape index (κ3) is 2.29. The minimum Gasteiger partial charge on any atom is -0.294 e. The summed E-state index contributed by atoms with van der Waals surface area (Å²) >= 11 is 10.6. The largest absolute Gasteiger partial charge is 0.294 e. The third-order valence-electron chi connectivity index (χ3n) is 2.60. The summed E-state index contributed by atoms with van der Waals surface area (Å²) < 4.78 is 14.3. The van der Waals surface area contributed by atoms with Crippen molar-refractivity contribution in [1.82, 2.24) is 0 Å². The highest BCUT2D eigenvalue weighted by Gasteiger charge is 2.27. The Morgan fingerprint density at radius 1 is 1.56 bits per heavy atom. The molecule has 0 radical (unpaired) electrons. The molecule has 1 atom stereocenters. The number of Topliss-reactive ketones (excluding diaryl/α,β-unsaturated/α-hetero) is 1. The van der Waals surface area contributed by atoms with Crippen molar-refractivity contribution in [3.8, 4) is 0 Å². The second kappa shape index (κ2) is 5.07. The maximum atomic E-state index is 13.8.